The number of aryl methyl sites for hydroxylation is 1. The van der Waals surface area contributed by atoms with Crippen LogP contribution in [0.1, 0.15) is 48.1 Å². The van der Waals surface area contributed by atoms with E-state index in [4.69, 9.17) is 4.74 Å². The summed E-state index contributed by atoms with van der Waals surface area (Å²) in [6, 6.07) is 6.38. The molecule has 0 amide bonds. The Labute approximate surface area is 131 Å². The Kier molecular flexibility index (Phi) is 4.87. The van der Waals surface area contributed by atoms with Gasteiger partial charge in [-0.2, -0.15) is 5.26 Å². The van der Waals surface area contributed by atoms with Gasteiger partial charge in [-0.1, -0.05) is 12.1 Å². The Morgan fingerprint density at radius 1 is 1.36 bits per heavy atom. The average Bonchev–Trinajstić information content (AvgIpc) is 2.95. The largest absolute Gasteiger partial charge is 0.462 e. The van der Waals surface area contributed by atoms with Crippen LogP contribution in [0.15, 0.2) is 23.4 Å². The zero-order valence-corrected chi connectivity index (χ0v) is 13.6. The summed E-state index contributed by atoms with van der Waals surface area (Å²) in [7, 11) is 0. The van der Waals surface area contributed by atoms with Gasteiger partial charge in [-0.15, -0.1) is 0 Å². The van der Waals surface area contributed by atoms with Crippen molar-refractivity contribution in [1.82, 2.24) is 5.32 Å². The molecule has 1 fully saturated rings. The van der Waals surface area contributed by atoms with Crippen LogP contribution >= 0.6 is 0 Å². The minimum atomic E-state index is -0.537. The summed E-state index contributed by atoms with van der Waals surface area (Å²) in [4.78, 5) is 11.8. The number of nitriles is 1. The van der Waals surface area contributed by atoms with Crippen molar-refractivity contribution in [3.63, 3.8) is 0 Å². The summed E-state index contributed by atoms with van der Waals surface area (Å²) in [5, 5.41) is 12.6. The minimum Gasteiger partial charge on any atom is -0.462 e. The van der Waals surface area contributed by atoms with E-state index in [1.165, 1.54) is 22.3 Å². The van der Waals surface area contributed by atoms with Gasteiger partial charge in [0.1, 0.15) is 6.07 Å². The first-order chi connectivity index (χ1) is 10.5. The highest BCUT2D eigenvalue weighted by Crippen LogP contribution is 2.33. The maximum absolute atomic E-state index is 11.8. The Bertz CT molecular complexity index is 668. The Hall–Kier alpha value is -2.28. The van der Waals surface area contributed by atoms with Crippen LogP contribution in [0.4, 0.5) is 0 Å². The topological polar surface area (TPSA) is 62.1 Å². The highest BCUT2D eigenvalue weighted by Gasteiger charge is 2.27. The smallest absolute Gasteiger partial charge is 0.350 e. The fourth-order valence-electron chi connectivity index (χ4n) is 2.87. The molecule has 1 aliphatic rings. The quantitative estimate of drug-likeness (QED) is 0.528. The third kappa shape index (κ3) is 2.99. The molecule has 4 nitrogen and oxygen atoms in total. The van der Waals surface area contributed by atoms with E-state index in [0.717, 1.165) is 6.42 Å². The van der Waals surface area contributed by atoms with Gasteiger partial charge in [-0.05, 0) is 62.8 Å². The molecule has 1 N–H and O–H groups in total. The SMILES string of the molecule is CCOC(=O)/C(C#N)=C1/CCC(c2ccc(C)c(C)c2C)N1. The number of allylic oxidation sites excluding steroid dienone is 1. The lowest BCUT2D eigenvalue weighted by atomic mass is 9.94. The van der Waals surface area contributed by atoms with Crippen molar-refractivity contribution in [2.24, 2.45) is 0 Å². The lowest BCUT2D eigenvalue weighted by Crippen LogP contribution is -2.18. The van der Waals surface area contributed by atoms with Crippen LogP contribution in [0.5, 0.6) is 0 Å². The first kappa shape index (κ1) is 16.1. The monoisotopic (exact) mass is 298 g/mol. The zero-order chi connectivity index (χ0) is 16.3. The molecule has 4 heteroatoms. The number of nitrogens with one attached hydrogen (secondary N) is 1. The fourth-order valence-corrected chi connectivity index (χ4v) is 2.87. The molecule has 0 aliphatic carbocycles. The van der Waals surface area contributed by atoms with Gasteiger partial charge in [0.15, 0.2) is 5.57 Å². The Balaban J connectivity index is 2.28. The van der Waals surface area contributed by atoms with Gasteiger partial charge in [0.05, 0.1) is 12.6 Å². The summed E-state index contributed by atoms with van der Waals surface area (Å²) in [5.74, 6) is -0.537. The molecule has 1 saturated heterocycles. The molecule has 1 unspecified atom stereocenters. The predicted molar refractivity (Wildman–Crippen MR) is 85.0 cm³/mol. The van der Waals surface area contributed by atoms with Crippen molar-refractivity contribution in [2.45, 2.75) is 46.6 Å². The normalized spacial score (nSPS) is 19.3. The number of hydrogen-bond donors (Lipinski definition) is 1. The van der Waals surface area contributed by atoms with Gasteiger partial charge < -0.3 is 10.1 Å². The number of hydrogen-bond acceptors (Lipinski definition) is 4. The van der Waals surface area contributed by atoms with Crippen molar-refractivity contribution in [1.29, 1.82) is 5.26 Å². The Morgan fingerprint density at radius 3 is 2.73 bits per heavy atom. The second-order valence-corrected chi connectivity index (χ2v) is 5.64. The van der Waals surface area contributed by atoms with Gasteiger partial charge in [0, 0.05) is 5.70 Å². The first-order valence-electron chi connectivity index (χ1n) is 7.63. The summed E-state index contributed by atoms with van der Waals surface area (Å²) in [6.45, 7) is 8.36. The van der Waals surface area contributed by atoms with Crippen LogP contribution in [-0.4, -0.2) is 12.6 Å². The van der Waals surface area contributed by atoms with Crippen LogP contribution in [0, 0.1) is 32.1 Å². The Morgan fingerprint density at radius 2 is 2.09 bits per heavy atom. The molecule has 0 radical (unpaired) electrons. The van der Waals surface area contributed by atoms with Crippen molar-refractivity contribution in [2.75, 3.05) is 6.61 Å². The molecule has 0 spiro atoms. The molecule has 0 saturated carbocycles. The van der Waals surface area contributed by atoms with E-state index in [0.29, 0.717) is 12.1 Å². The molecular formula is C18H22N2O2. The minimum absolute atomic E-state index is 0.103. The molecule has 1 aromatic rings. The molecule has 0 aromatic heterocycles. The van der Waals surface area contributed by atoms with E-state index in [1.807, 2.05) is 6.07 Å². The number of rotatable bonds is 3. The summed E-state index contributed by atoms with van der Waals surface area (Å²) < 4.78 is 4.95. The van der Waals surface area contributed by atoms with E-state index in [-0.39, 0.29) is 18.2 Å². The molecule has 0 bridgehead atoms. The van der Waals surface area contributed by atoms with Crippen molar-refractivity contribution >= 4 is 5.97 Å². The van der Waals surface area contributed by atoms with Crippen molar-refractivity contribution in [3.05, 3.63) is 45.7 Å². The van der Waals surface area contributed by atoms with Gasteiger partial charge in [-0.3, -0.25) is 0 Å². The molecule has 1 heterocycles. The highest BCUT2D eigenvalue weighted by atomic mass is 16.5. The van der Waals surface area contributed by atoms with Crippen molar-refractivity contribution < 1.29 is 9.53 Å². The van der Waals surface area contributed by atoms with Gasteiger partial charge >= 0.3 is 5.97 Å². The maximum Gasteiger partial charge on any atom is 0.350 e. The first-order valence-corrected chi connectivity index (χ1v) is 7.63. The third-order valence-corrected chi connectivity index (χ3v) is 4.40. The predicted octanol–water partition coefficient (Wildman–Crippen LogP) is 3.38. The summed E-state index contributed by atoms with van der Waals surface area (Å²) in [5.41, 5.74) is 5.88. The van der Waals surface area contributed by atoms with E-state index in [1.54, 1.807) is 6.92 Å². The molecular weight excluding hydrogens is 276 g/mol. The van der Waals surface area contributed by atoms with Crippen LogP contribution < -0.4 is 5.32 Å². The van der Waals surface area contributed by atoms with E-state index in [9.17, 15) is 10.1 Å². The summed E-state index contributed by atoms with van der Waals surface area (Å²) in [6.07, 6.45) is 1.57. The van der Waals surface area contributed by atoms with E-state index in [2.05, 4.69) is 38.2 Å². The average molecular weight is 298 g/mol. The molecule has 1 aliphatic heterocycles. The van der Waals surface area contributed by atoms with Crippen LogP contribution in [0.25, 0.3) is 0 Å². The summed E-state index contributed by atoms with van der Waals surface area (Å²) >= 11 is 0. The van der Waals surface area contributed by atoms with Crippen LogP contribution in [0.2, 0.25) is 0 Å². The second-order valence-electron chi connectivity index (χ2n) is 5.64. The second kappa shape index (κ2) is 6.65. The number of esters is 1. The van der Waals surface area contributed by atoms with E-state index >= 15 is 0 Å². The van der Waals surface area contributed by atoms with Gasteiger partial charge in [0.2, 0.25) is 0 Å². The zero-order valence-electron chi connectivity index (χ0n) is 13.6. The molecule has 1 aromatic carbocycles. The molecule has 22 heavy (non-hydrogen) atoms. The van der Waals surface area contributed by atoms with Crippen LogP contribution in [0.3, 0.4) is 0 Å². The van der Waals surface area contributed by atoms with Crippen LogP contribution in [-0.2, 0) is 9.53 Å². The number of carbonyl (C=O) groups is 1. The standard InChI is InChI=1S/C18H22N2O2/c1-5-22-18(21)15(10-19)17-9-8-16(20-17)14-7-6-11(2)12(3)13(14)4/h6-7,16,20H,5,8-9H2,1-4H3/b17-15-. The maximum atomic E-state index is 11.8. The molecule has 1 atom stereocenters. The number of benzene rings is 1. The fraction of sp³-hybridized carbons (Fsp3) is 0.444. The number of carbonyl (C=O) groups excluding carboxylic acids is 1. The van der Waals surface area contributed by atoms with Gasteiger partial charge in [-0.25, -0.2) is 4.79 Å². The molecule has 2 rings (SSSR count). The van der Waals surface area contributed by atoms with E-state index < -0.39 is 5.97 Å². The lowest BCUT2D eigenvalue weighted by Gasteiger charge is -2.18. The highest BCUT2D eigenvalue weighted by molar-refractivity contribution is 5.93. The lowest BCUT2D eigenvalue weighted by molar-refractivity contribution is -0.138. The number of ether oxygens (including phenoxy) is 1. The number of nitrogens with zero attached hydrogens (tertiary/aromatic N) is 1. The molecule has 116 valence electrons. The third-order valence-electron chi connectivity index (χ3n) is 4.40. The van der Waals surface area contributed by atoms with Crippen molar-refractivity contribution in [3.8, 4) is 6.07 Å². The van der Waals surface area contributed by atoms with Gasteiger partial charge in [0.25, 0.3) is 0 Å².